The van der Waals surface area contributed by atoms with Gasteiger partial charge in [-0.2, -0.15) is 0 Å². The number of hydrogen-bond donors (Lipinski definition) is 1. The molecule has 1 aromatic heterocycles. The molecule has 0 radical (unpaired) electrons. The van der Waals surface area contributed by atoms with Gasteiger partial charge in [-0.25, -0.2) is 0 Å². The maximum absolute atomic E-state index is 10.6. The molecular formula is C12H19N3O2S. The molecule has 6 heteroatoms. The summed E-state index contributed by atoms with van der Waals surface area (Å²) in [6, 6.07) is 3.45. The number of nitrogens with zero attached hydrogens (tertiary/aromatic N) is 2. The highest BCUT2D eigenvalue weighted by Gasteiger charge is 2.25. The van der Waals surface area contributed by atoms with Crippen LogP contribution in [-0.2, 0) is 6.54 Å². The van der Waals surface area contributed by atoms with Crippen molar-refractivity contribution in [3.63, 3.8) is 0 Å². The molecule has 0 aromatic carbocycles. The van der Waals surface area contributed by atoms with Gasteiger partial charge in [0, 0.05) is 24.0 Å². The van der Waals surface area contributed by atoms with Crippen molar-refractivity contribution in [1.29, 1.82) is 0 Å². The van der Waals surface area contributed by atoms with Crippen molar-refractivity contribution in [2.75, 3.05) is 19.6 Å². The first kappa shape index (κ1) is 13.5. The van der Waals surface area contributed by atoms with Crippen LogP contribution in [0.5, 0.6) is 0 Å². The number of rotatable bonds is 4. The first-order chi connectivity index (χ1) is 8.60. The van der Waals surface area contributed by atoms with Crippen LogP contribution in [0.2, 0.25) is 0 Å². The molecule has 18 heavy (non-hydrogen) atoms. The largest absolute Gasteiger partial charge is 0.330 e. The van der Waals surface area contributed by atoms with Gasteiger partial charge < -0.3 is 5.73 Å². The van der Waals surface area contributed by atoms with Gasteiger partial charge in [0.2, 0.25) is 0 Å². The second-order valence-corrected chi connectivity index (χ2v) is 6.14. The van der Waals surface area contributed by atoms with E-state index in [1.807, 2.05) is 6.07 Å². The van der Waals surface area contributed by atoms with Gasteiger partial charge in [-0.1, -0.05) is 18.3 Å². The van der Waals surface area contributed by atoms with E-state index in [-0.39, 0.29) is 9.92 Å². The predicted octanol–water partition coefficient (Wildman–Crippen LogP) is 2.07. The summed E-state index contributed by atoms with van der Waals surface area (Å²) < 4.78 is 0. The molecule has 0 amide bonds. The number of likely N-dealkylation sites (tertiary alicyclic amines) is 1. The molecule has 0 saturated carbocycles. The Morgan fingerprint density at radius 3 is 3.00 bits per heavy atom. The average Bonchev–Trinajstić information content (AvgIpc) is 2.80. The van der Waals surface area contributed by atoms with Crippen LogP contribution in [0.4, 0.5) is 5.00 Å². The molecule has 2 atom stereocenters. The number of thiophene rings is 1. The third kappa shape index (κ3) is 3.07. The van der Waals surface area contributed by atoms with Gasteiger partial charge in [-0.05, 0) is 37.4 Å². The van der Waals surface area contributed by atoms with Crippen molar-refractivity contribution in [2.24, 2.45) is 17.6 Å². The summed E-state index contributed by atoms with van der Waals surface area (Å²) in [5.74, 6) is 1.23. The third-order valence-corrected chi connectivity index (χ3v) is 4.73. The van der Waals surface area contributed by atoms with Gasteiger partial charge in [0.1, 0.15) is 0 Å². The molecule has 1 fully saturated rings. The molecule has 2 unspecified atom stereocenters. The summed E-state index contributed by atoms with van der Waals surface area (Å²) in [4.78, 5) is 13.7. The normalized spacial score (nSPS) is 25.2. The SMILES string of the molecule is CC1CCN(Cc2ccc([N+](=O)[O-])s2)CC1CN. The van der Waals surface area contributed by atoms with Crippen LogP contribution in [0.25, 0.3) is 0 Å². The van der Waals surface area contributed by atoms with E-state index in [0.717, 1.165) is 37.5 Å². The molecule has 1 aromatic rings. The van der Waals surface area contributed by atoms with Crippen molar-refractivity contribution in [2.45, 2.75) is 19.9 Å². The molecule has 1 aliphatic heterocycles. The lowest BCUT2D eigenvalue weighted by Crippen LogP contribution is -2.42. The smallest absolute Gasteiger partial charge is 0.324 e. The second-order valence-electron chi connectivity index (χ2n) is 4.99. The lowest BCUT2D eigenvalue weighted by molar-refractivity contribution is -0.380. The number of piperidine rings is 1. The van der Waals surface area contributed by atoms with Crippen molar-refractivity contribution < 1.29 is 4.92 Å². The molecule has 0 aliphatic carbocycles. The molecule has 5 nitrogen and oxygen atoms in total. The molecule has 1 saturated heterocycles. The van der Waals surface area contributed by atoms with E-state index in [2.05, 4.69) is 11.8 Å². The molecular weight excluding hydrogens is 250 g/mol. The quantitative estimate of drug-likeness (QED) is 0.671. The summed E-state index contributed by atoms with van der Waals surface area (Å²) in [7, 11) is 0. The van der Waals surface area contributed by atoms with E-state index < -0.39 is 0 Å². The summed E-state index contributed by atoms with van der Waals surface area (Å²) in [5.41, 5.74) is 5.78. The van der Waals surface area contributed by atoms with Crippen LogP contribution in [0.3, 0.4) is 0 Å². The first-order valence-corrected chi connectivity index (χ1v) is 7.07. The van der Waals surface area contributed by atoms with E-state index in [1.54, 1.807) is 6.07 Å². The zero-order valence-electron chi connectivity index (χ0n) is 10.5. The maximum Gasteiger partial charge on any atom is 0.324 e. The Kier molecular flexibility index (Phi) is 4.31. The summed E-state index contributed by atoms with van der Waals surface area (Å²) in [5, 5.41) is 10.9. The Morgan fingerprint density at radius 1 is 1.61 bits per heavy atom. The highest BCUT2D eigenvalue weighted by Crippen LogP contribution is 2.28. The monoisotopic (exact) mass is 269 g/mol. The van der Waals surface area contributed by atoms with Gasteiger partial charge in [-0.3, -0.25) is 15.0 Å². The zero-order chi connectivity index (χ0) is 13.1. The van der Waals surface area contributed by atoms with Crippen LogP contribution >= 0.6 is 11.3 Å². The lowest BCUT2D eigenvalue weighted by Gasteiger charge is -2.36. The lowest BCUT2D eigenvalue weighted by atomic mass is 9.87. The summed E-state index contributed by atoms with van der Waals surface area (Å²) in [6.45, 7) is 5.85. The second kappa shape index (κ2) is 5.77. The van der Waals surface area contributed by atoms with E-state index in [9.17, 15) is 10.1 Å². The average molecular weight is 269 g/mol. The summed E-state index contributed by atoms with van der Waals surface area (Å²) in [6.07, 6.45) is 1.16. The van der Waals surface area contributed by atoms with Crippen LogP contribution in [0.1, 0.15) is 18.2 Å². The maximum atomic E-state index is 10.6. The Bertz CT molecular complexity index is 421. The van der Waals surface area contributed by atoms with Crippen molar-refractivity contribution in [3.8, 4) is 0 Å². The van der Waals surface area contributed by atoms with Gasteiger partial charge >= 0.3 is 5.00 Å². The van der Waals surface area contributed by atoms with Crippen molar-refractivity contribution in [3.05, 3.63) is 27.1 Å². The van der Waals surface area contributed by atoms with Gasteiger partial charge in [0.15, 0.2) is 0 Å². The molecule has 0 bridgehead atoms. The van der Waals surface area contributed by atoms with Crippen LogP contribution in [0, 0.1) is 22.0 Å². The van der Waals surface area contributed by atoms with E-state index in [4.69, 9.17) is 5.73 Å². The van der Waals surface area contributed by atoms with Crippen molar-refractivity contribution >= 4 is 16.3 Å². The van der Waals surface area contributed by atoms with Gasteiger partial charge in [0.25, 0.3) is 0 Å². The Morgan fingerprint density at radius 2 is 2.39 bits per heavy atom. The first-order valence-electron chi connectivity index (χ1n) is 6.25. The molecule has 2 rings (SSSR count). The molecule has 2 N–H and O–H groups in total. The molecule has 1 aliphatic rings. The number of nitro groups is 1. The van der Waals surface area contributed by atoms with Crippen LogP contribution in [0.15, 0.2) is 12.1 Å². The zero-order valence-corrected chi connectivity index (χ0v) is 11.4. The van der Waals surface area contributed by atoms with E-state index in [1.165, 1.54) is 11.3 Å². The minimum atomic E-state index is -0.324. The molecule has 2 heterocycles. The summed E-state index contributed by atoms with van der Waals surface area (Å²) >= 11 is 1.27. The number of nitrogens with two attached hydrogens (primary N) is 1. The topological polar surface area (TPSA) is 72.4 Å². The minimum Gasteiger partial charge on any atom is -0.330 e. The minimum absolute atomic E-state index is 0.228. The fourth-order valence-corrected chi connectivity index (χ4v) is 3.31. The third-order valence-electron chi connectivity index (χ3n) is 3.71. The highest BCUT2D eigenvalue weighted by atomic mass is 32.1. The van der Waals surface area contributed by atoms with E-state index >= 15 is 0 Å². The molecule has 100 valence electrons. The fraction of sp³-hybridized carbons (Fsp3) is 0.667. The standard InChI is InChI=1S/C12H19N3O2S/c1-9-4-5-14(7-10(9)6-13)8-11-2-3-12(18-11)15(16)17/h2-3,9-10H,4-8,13H2,1H3. The predicted molar refractivity (Wildman–Crippen MR) is 72.6 cm³/mol. The van der Waals surface area contributed by atoms with Crippen LogP contribution in [-0.4, -0.2) is 29.5 Å². The van der Waals surface area contributed by atoms with Crippen LogP contribution < -0.4 is 5.73 Å². The fourth-order valence-electron chi connectivity index (χ4n) is 2.45. The Hall–Kier alpha value is -0.980. The Balaban J connectivity index is 1.94. The van der Waals surface area contributed by atoms with Crippen molar-refractivity contribution in [1.82, 2.24) is 4.90 Å². The highest BCUT2D eigenvalue weighted by molar-refractivity contribution is 7.15. The van der Waals surface area contributed by atoms with Gasteiger partial charge in [-0.15, -0.1) is 0 Å². The molecule has 0 spiro atoms. The Labute approximate surface area is 111 Å². The number of hydrogen-bond acceptors (Lipinski definition) is 5. The van der Waals surface area contributed by atoms with E-state index in [0.29, 0.717) is 11.8 Å². The van der Waals surface area contributed by atoms with Gasteiger partial charge in [0.05, 0.1) is 4.92 Å².